The number of nitrogens with one attached hydrogen (secondary N) is 2. The minimum atomic E-state index is -0.661. The monoisotopic (exact) mass is 657 g/mol. The summed E-state index contributed by atoms with van der Waals surface area (Å²) in [5.41, 5.74) is 0.848. The lowest BCUT2D eigenvalue weighted by molar-refractivity contribution is -0.121. The molecule has 1 aromatic carbocycles. The van der Waals surface area contributed by atoms with Gasteiger partial charge in [-0.15, -0.1) is 0 Å². The fourth-order valence-corrected chi connectivity index (χ4v) is 6.65. The molecule has 4 atom stereocenters. The first-order valence-electron chi connectivity index (χ1n) is 18.9. The largest absolute Gasteiger partial charge is 0.387 e. The zero-order chi connectivity index (χ0) is 34.1. The minimum Gasteiger partial charge on any atom is -0.387 e. The standard InChI is InChI=1S/C24H46N2O2.C15H22N2O2/c1-3-4-5-6-7-8-9-10-11-12-13-14-15-18-24(28)23(25-22(2)27)21-26-19-16-17-20-26;1-12(18)16-14(11-17-9-5-6-10-17)15(19)13-7-3-2-4-8-13/h15,18,23-24,28H,3-14,16-17,19-21H2,1-2H3,(H,25,27);2-4,7-8,14-15,19H,5-6,9-11H2,1H3,(H,16,18)/b18-15+;. The number of aliphatic hydroxyl groups excluding tert-OH is 2. The van der Waals surface area contributed by atoms with Crippen molar-refractivity contribution in [2.24, 2.45) is 0 Å². The van der Waals surface area contributed by atoms with Crippen LogP contribution in [0.25, 0.3) is 0 Å². The Hall–Kier alpha value is -2.26. The Kier molecular flexibility index (Phi) is 22.4. The smallest absolute Gasteiger partial charge is 0.217 e. The number of hydrogen-bond donors (Lipinski definition) is 4. The molecular weight excluding hydrogens is 588 g/mol. The van der Waals surface area contributed by atoms with Gasteiger partial charge in [0.2, 0.25) is 11.8 Å². The van der Waals surface area contributed by atoms with Gasteiger partial charge < -0.3 is 30.6 Å². The van der Waals surface area contributed by atoms with Crippen LogP contribution in [0.15, 0.2) is 42.5 Å². The van der Waals surface area contributed by atoms with E-state index in [0.29, 0.717) is 6.54 Å². The van der Waals surface area contributed by atoms with Crippen LogP contribution in [0.4, 0.5) is 0 Å². The van der Waals surface area contributed by atoms with E-state index < -0.39 is 12.2 Å². The van der Waals surface area contributed by atoms with Crippen LogP contribution in [0.5, 0.6) is 0 Å². The maximum absolute atomic E-state index is 11.5. The Balaban J connectivity index is 0.000000350. The van der Waals surface area contributed by atoms with E-state index in [2.05, 4.69) is 33.4 Å². The molecule has 4 unspecified atom stereocenters. The maximum atomic E-state index is 11.5. The van der Waals surface area contributed by atoms with Gasteiger partial charge in [-0.05, 0) is 70.3 Å². The van der Waals surface area contributed by atoms with E-state index in [4.69, 9.17) is 0 Å². The van der Waals surface area contributed by atoms with Crippen molar-refractivity contribution in [2.45, 2.75) is 148 Å². The van der Waals surface area contributed by atoms with Crippen LogP contribution >= 0.6 is 0 Å². The topological polar surface area (TPSA) is 105 Å². The molecule has 268 valence electrons. The van der Waals surface area contributed by atoms with Gasteiger partial charge in [0.1, 0.15) is 6.10 Å². The molecule has 2 aliphatic heterocycles. The summed E-state index contributed by atoms with van der Waals surface area (Å²) < 4.78 is 0. The van der Waals surface area contributed by atoms with Gasteiger partial charge >= 0.3 is 0 Å². The van der Waals surface area contributed by atoms with Crippen molar-refractivity contribution in [3.05, 3.63) is 48.0 Å². The highest BCUT2D eigenvalue weighted by Crippen LogP contribution is 2.19. The quantitative estimate of drug-likeness (QED) is 0.0837. The van der Waals surface area contributed by atoms with Crippen molar-refractivity contribution < 1.29 is 19.8 Å². The van der Waals surface area contributed by atoms with E-state index in [0.717, 1.165) is 44.7 Å². The van der Waals surface area contributed by atoms with Crippen molar-refractivity contribution in [1.29, 1.82) is 0 Å². The molecule has 1 aromatic rings. The van der Waals surface area contributed by atoms with Crippen LogP contribution < -0.4 is 10.6 Å². The number of aliphatic hydroxyl groups is 2. The number of amides is 2. The van der Waals surface area contributed by atoms with Crippen LogP contribution in [0, 0.1) is 0 Å². The Labute approximate surface area is 286 Å². The SMILES string of the molecule is CC(=O)NC(CN1CCCC1)C(O)c1ccccc1.CCCCCCCCCCCCC/C=C/C(O)C(CN1CCCC1)NC(C)=O. The Bertz CT molecular complexity index is 963. The second-order valence-electron chi connectivity index (χ2n) is 13.7. The summed E-state index contributed by atoms with van der Waals surface area (Å²) in [4.78, 5) is 27.4. The lowest BCUT2D eigenvalue weighted by Gasteiger charge is -2.28. The zero-order valence-electron chi connectivity index (χ0n) is 30.0. The van der Waals surface area contributed by atoms with E-state index in [1.54, 1.807) is 0 Å². The molecule has 0 bridgehead atoms. The van der Waals surface area contributed by atoms with Crippen molar-refractivity contribution >= 4 is 11.8 Å². The molecule has 8 nitrogen and oxygen atoms in total. The van der Waals surface area contributed by atoms with E-state index in [-0.39, 0.29) is 23.9 Å². The number of carbonyl (C=O) groups is 2. The predicted octanol–water partition coefficient (Wildman–Crippen LogP) is 6.53. The molecule has 47 heavy (non-hydrogen) atoms. The van der Waals surface area contributed by atoms with Crippen molar-refractivity contribution in [3.63, 3.8) is 0 Å². The number of nitrogens with zero attached hydrogens (tertiary/aromatic N) is 2. The lowest BCUT2D eigenvalue weighted by Crippen LogP contribution is -2.48. The lowest BCUT2D eigenvalue weighted by atomic mass is 10.0. The molecule has 3 rings (SSSR count). The fraction of sp³-hybridized carbons (Fsp3) is 0.744. The van der Waals surface area contributed by atoms with E-state index in [1.807, 2.05) is 36.4 Å². The molecule has 4 N–H and O–H groups in total. The van der Waals surface area contributed by atoms with E-state index in [9.17, 15) is 19.8 Å². The summed E-state index contributed by atoms with van der Waals surface area (Å²) in [5.74, 6) is -0.166. The summed E-state index contributed by atoms with van der Waals surface area (Å²) in [5, 5.41) is 26.7. The highest BCUT2D eigenvalue weighted by molar-refractivity contribution is 5.73. The second kappa shape index (κ2) is 25.7. The van der Waals surface area contributed by atoms with Crippen LogP contribution in [-0.4, -0.2) is 89.3 Å². The normalized spacial score (nSPS) is 18.0. The summed E-state index contributed by atoms with van der Waals surface area (Å²) in [6.45, 7) is 11.0. The Morgan fingerprint density at radius 3 is 1.64 bits per heavy atom. The molecule has 2 aliphatic rings. The molecule has 0 aliphatic carbocycles. The summed E-state index contributed by atoms with van der Waals surface area (Å²) in [6, 6.07) is 9.05. The Morgan fingerprint density at radius 1 is 0.702 bits per heavy atom. The third-order valence-electron chi connectivity index (χ3n) is 9.33. The minimum absolute atomic E-state index is 0.0676. The third kappa shape index (κ3) is 19.4. The highest BCUT2D eigenvalue weighted by atomic mass is 16.3. The van der Waals surface area contributed by atoms with E-state index >= 15 is 0 Å². The molecule has 0 spiro atoms. The first-order chi connectivity index (χ1) is 22.8. The summed E-state index contributed by atoms with van der Waals surface area (Å²) >= 11 is 0. The van der Waals surface area contributed by atoms with Gasteiger partial charge in [0.25, 0.3) is 0 Å². The number of carbonyl (C=O) groups excluding carboxylic acids is 2. The van der Waals surface area contributed by atoms with E-state index in [1.165, 1.54) is 110 Å². The highest BCUT2D eigenvalue weighted by Gasteiger charge is 2.26. The molecule has 2 amide bonds. The predicted molar refractivity (Wildman–Crippen MR) is 194 cm³/mol. The molecule has 0 aromatic heterocycles. The summed E-state index contributed by atoms with van der Waals surface area (Å²) in [6.07, 6.45) is 23.5. The van der Waals surface area contributed by atoms with Crippen molar-refractivity contribution in [3.8, 4) is 0 Å². The molecule has 2 heterocycles. The van der Waals surface area contributed by atoms with Crippen LogP contribution in [0.3, 0.4) is 0 Å². The second-order valence-corrected chi connectivity index (χ2v) is 13.7. The van der Waals surface area contributed by atoms with Crippen molar-refractivity contribution in [1.82, 2.24) is 20.4 Å². The summed E-state index contributed by atoms with van der Waals surface area (Å²) in [7, 11) is 0. The number of benzene rings is 1. The third-order valence-corrected chi connectivity index (χ3v) is 9.33. The van der Waals surface area contributed by atoms with Crippen LogP contribution in [0.2, 0.25) is 0 Å². The van der Waals surface area contributed by atoms with Gasteiger partial charge in [-0.2, -0.15) is 0 Å². The fourth-order valence-electron chi connectivity index (χ4n) is 6.65. The number of rotatable bonds is 22. The molecule has 2 fully saturated rings. The van der Waals surface area contributed by atoms with Gasteiger partial charge in [0.05, 0.1) is 18.2 Å². The number of likely N-dealkylation sites (tertiary alicyclic amines) is 2. The number of unbranched alkanes of at least 4 members (excludes halogenated alkanes) is 11. The molecule has 0 saturated carbocycles. The zero-order valence-corrected chi connectivity index (χ0v) is 30.0. The molecule has 8 heteroatoms. The van der Waals surface area contributed by atoms with Gasteiger partial charge in [-0.3, -0.25) is 9.59 Å². The Morgan fingerprint density at radius 2 is 1.15 bits per heavy atom. The number of hydrogen-bond acceptors (Lipinski definition) is 6. The maximum Gasteiger partial charge on any atom is 0.217 e. The van der Waals surface area contributed by atoms with Gasteiger partial charge in [-0.25, -0.2) is 0 Å². The first-order valence-corrected chi connectivity index (χ1v) is 18.9. The van der Waals surface area contributed by atoms with Crippen molar-refractivity contribution in [2.75, 3.05) is 39.3 Å². The van der Waals surface area contributed by atoms with Gasteiger partial charge in [0.15, 0.2) is 0 Å². The average molecular weight is 657 g/mol. The first kappa shape index (κ1) is 40.9. The van der Waals surface area contributed by atoms with Crippen LogP contribution in [-0.2, 0) is 9.59 Å². The molecule has 2 saturated heterocycles. The number of allylic oxidation sites excluding steroid dienone is 1. The molecule has 0 radical (unpaired) electrons. The average Bonchev–Trinajstić information content (AvgIpc) is 3.77. The van der Waals surface area contributed by atoms with Gasteiger partial charge in [-0.1, -0.05) is 114 Å². The van der Waals surface area contributed by atoms with Gasteiger partial charge in [0, 0.05) is 26.9 Å². The molecular formula is C39H68N4O4. The van der Waals surface area contributed by atoms with Crippen LogP contribution in [0.1, 0.15) is 135 Å².